The van der Waals surface area contributed by atoms with E-state index in [9.17, 15) is 13.2 Å². The Balaban J connectivity index is 1.49. The van der Waals surface area contributed by atoms with Crippen molar-refractivity contribution in [3.63, 3.8) is 0 Å². The summed E-state index contributed by atoms with van der Waals surface area (Å²) in [7, 11) is 0. The van der Waals surface area contributed by atoms with Gasteiger partial charge in [0.25, 0.3) is 0 Å². The van der Waals surface area contributed by atoms with E-state index in [0.29, 0.717) is 34.7 Å². The molecule has 6 nitrogen and oxygen atoms in total. The predicted molar refractivity (Wildman–Crippen MR) is 99.5 cm³/mol. The zero-order valence-corrected chi connectivity index (χ0v) is 15.4. The number of hydrogen-bond acceptors (Lipinski definition) is 6. The Morgan fingerprint density at radius 3 is 2.36 bits per heavy atom. The highest BCUT2D eigenvalue weighted by molar-refractivity contribution is 7.99. The van der Waals surface area contributed by atoms with Crippen LogP contribution in [0.4, 0.5) is 13.2 Å². The van der Waals surface area contributed by atoms with Gasteiger partial charge in [-0.25, -0.2) is 9.07 Å². The number of rotatable bonds is 9. The summed E-state index contributed by atoms with van der Waals surface area (Å²) in [6.07, 6.45) is 0.726. The van der Waals surface area contributed by atoms with E-state index in [-0.39, 0.29) is 11.6 Å². The summed E-state index contributed by atoms with van der Waals surface area (Å²) < 4.78 is 48.4. The quantitative estimate of drug-likeness (QED) is 0.327. The summed E-state index contributed by atoms with van der Waals surface area (Å²) in [5.74, 6) is 7.48. The molecule has 0 atom stereocenters. The molecule has 0 aliphatic rings. The maximum atomic E-state index is 12.8. The van der Waals surface area contributed by atoms with Crippen molar-refractivity contribution in [1.82, 2.24) is 14.9 Å². The zero-order chi connectivity index (χ0) is 19.9. The lowest BCUT2D eigenvalue weighted by Gasteiger charge is -2.07. The van der Waals surface area contributed by atoms with Gasteiger partial charge in [-0.3, -0.25) is 0 Å². The number of nitrogen functional groups attached to an aromatic ring is 1. The zero-order valence-electron chi connectivity index (χ0n) is 14.6. The van der Waals surface area contributed by atoms with Gasteiger partial charge in [0.05, 0.1) is 6.61 Å². The van der Waals surface area contributed by atoms with Crippen LogP contribution in [0.5, 0.6) is 11.5 Å². The maximum absolute atomic E-state index is 12.8. The molecule has 2 aromatic carbocycles. The Morgan fingerprint density at radius 2 is 1.68 bits per heavy atom. The number of hydrogen-bond donors (Lipinski definition) is 1. The number of aromatic nitrogens is 3. The molecule has 148 valence electrons. The van der Waals surface area contributed by atoms with Crippen LogP contribution in [-0.2, 0) is 0 Å². The molecule has 2 N–H and O–H groups in total. The molecule has 28 heavy (non-hydrogen) atoms. The first-order valence-corrected chi connectivity index (χ1v) is 9.28. The predicted octanol–water partition coefficient (Wildman–Crippen LogP) is 3.96. The molecule has 0 spiro atoms. The van der Waals surface area contributed by atoms with Gasteiger partial charge in [-0.05, 0) is 55.0 Å². The van der Waals surface area contributed by atoms with Crippen molar-refractivity contribution in [2.45, 2.75) is 18.2 Å². The summed E-state index contributed by atoms with van der Waals surface area (Å²) in [6, 6.07) is 11.8. The second-order valence-electron chi connectivity index (χ2n) is 5.58. The molecule has 3 rings (SSSR count). The molecule has 10 heteroatoms. The maximum Gasteiger partial charge on any atom is 0.387 e. The van der Waals surface area contributed by atoms with E-state index in [2.05, 4.69) is 14.9 Å². The van der Waals surface area contributed by atoms with Gasteiger partial charge in [0.1, 0.15) is 17.3 Å². The first-order valence-electron chi connectivity index (χ1n) is 8.30. The van der Waals surface area contributed by atoms with Crippen molar-refractivity contribution in [2.75, 3.05) is 18.2 Å². The fourth-order valence-corrected chi connectivity index (χ4v) is 3.07. The molecule has 1 heterocycles. The molecule has 3 aromatic rings. The molecule has 0 radical (unpaired) electrons. The first kappa shape index (κ1) is 19.9. The molecule has 0 amide bonds. The minimum absolute atomic E-state index is 0.0533. The fourth-order valence-electron chi connectivity index (χ4n) is 2.30. The fraction of sp³-hybridized carbons (Fsp3) is 0.222. The number of benzene rings is 2. The highest BCUT2D eigenvalue weighted by atomic mass is 32.2. The molecule has 0 bridgehead atoms. The van der Waals surface area contributed by atoms with Gasteiger partial charge in [0, 0.05) is 11.3 Å². The van der Waals surface area contributed by atoms with E-state index in [4.69, 9.17) is 10.6 Å². The van der Waals surface area contributed by atoms with E-state index < -0.39 is 6.61 Å². The van der Waals surface area contributed by atoms with E-state index in [1.807, 2.05) is 0 Å². The molecule has 1 aromatic heterocycles. The van der Waals surface area contributed by atoms with Gasteiger partial charge in [-0.2, -0.15) is 8.78 Å². The van der Waals surface area contributed by atoms with E-state index in [1.165, 1.54) is 40.7 Å². The van der Waals surface area contributed by atoms with Gasteiger partial charge < -0.3 is 15.3 Å². The highest BCUT2D eigenvalue weighted by Gasteiger charge is 2.13. The monoisotopic (exact) mass is 410 g/mol. The number of halogens is 3. The molecule has 0 saturated carbocycles. The van der Waals surface area contributed by atoms with Gasteiger partial charge in [-0.15, -0.1) is 10.2 Å². The second-order valence-corrected chi connectivity index (χ2v) is 6.65. The van der Waals surface area contributed by atoms with Crippen LogP contribution in [0.3, 0.4) is 0 Å². The van der Waals surface area contributed by atoms with Crippen molar-refractivity contribution in [2.24, 2.45) is 0 Å². The second kappa shape index (κ2) is 9.36. The Morgan fingerprint density at radius 1 is 1.00 bits per heavy atom. The molecule has 0 aliphatic carbocycles. The van der Waals surface area contributed by atoms with Gasteiger partial charge in [0.2, 0.25) is 5.16 Å². The minimum atomic E-state index is -2.88. The smallest absolute Gasteiger partial charge is 0.387 e. The Bertz CT molecular complexity index is 889. The van der Waals surface area contributed by atoms with Crippen molar-refractivity contribution < 1.29 is 22.6 Å². The lowest BCUT2D eigenvalue weighted by atomic mass is 10.2. The number of nitrogens with zero attached hydrogens (tertiary/aromatic N) is 3. The Kier molecular flexibility index (Phi) is 6.64. The summed E-state index contributed by atoms with van der Waals surface area (Å²) in [5.41, 5.74) is 0.628. The molecule has 0 fully saturated rings. The summed E-state index contributed by atoms with van der Waals surface area (Å²) in [6.45, 7) is -2.41. The molecular weight excluding hydrogens is 393 g/mol. The van der Waals surface area contributed by atoms with Gasteiger partial charge in [0.15, 0.2) is 5.82 Å². The van der Waals surface area contributed by atoms with Crippen LogP contribution >= 0.6 is 11.8 Å². The molecule has 0 unspecified atom stereocenters. The van der Waals surface area contributed by atoms with Crippen LogP contribution in [0.25, 0.3) is 11.4 Å². The first-order chi connectivity index (χ1) is 13.5. The standard InChI is InChI=1S/C18H17F3N4O2S/c19-13-4-8-14(9-5-13)26-10-1-11-28-18-24-23-16(25(18)22)12-2-6-15(7-3-12)27-17(20)21/h2-9,17H,1,10-11,22H2. The largest absolute Gasteiger partial charge is 0.494 e. The van der Waals surface area contributed by atoms with Crippen LogP contribution in [0.2, 0.25) is 0 Å². The van der Waals surface area contributed by atoms with Crippen molar-refractivity contribution in [3.8, 4) is 22.9 Å². The summed E-state index contributed by atoms with van der Waals surface area (Å²) in [5, 5.41) is 8.61. The van der Waals surface area contributed by atoms with Crippen LogP contribution in [0, 0.1) is 5.82 Å². The average molecular weight is 410 g/mol. The molecular formula is C18H17F3N4O2S. The number of ether oxygens (including phenoxy) is 2. The third-order valence-electron chi connectivity index (χ3n) is 3.60. The van der Waals surface area contributed by atoms with E-state index >= 15 is 0 Å². The van der Waals surface area contributed by atoms with Crippen LogP contribution in [0.15, 0.2) is 53.7 Å². The average Bonchev–Trinajstić information content (AvgIpc) is 3.04. The van der Waals surface area contributed by atoms with Crippen LogP contribution in [0.1, 0.15) is 6.42 Å². The minimum Gasteiger partial charge on any atom is -0.494 e. The highest BCUT2D eigenvalue weighted by Crippen LogP contribution is 2.24. The third kappa shape index (κ3) is 5.32. The third-order valence-corrected chi connectivity index (χ3v) is 4.63. The molecule has 0 aliphatic heterocycles. The normalized spacial score (nSPS) is 11.0. The van der Waals surface area contributed by atoms with Crippen molar-refractivity contribution in [1.29, 1.82) is 0 Å². The van der Waals surface area contributed by atoms with Gasteiger partial charge in [-0.1, -0.05) is 11.8 Å². The number of alkyl halides is 2. The SMILES string of the molecule is Nn1c(SCCCOc2ccc(F)cc2)nnc1-c1ccc(OC(F)F)cc1. The van der Waals surface area contributed by atoms with E-state index in [1.54, 1.807) is 24.3 Å². The topological polar surface area (TPSA) is 75.2 Å². The van der Waals surface area contributed by atoms with Crippen molar-refractivity contribution >= 4 is 11.8 Å². The Labute approximate surface area is 163 Å². The van der Waals surface area contributed by atoms with Crippen molar-refractivity contribution in [3.05, 3.63) is 54.3 Å². The lowest BCUT2D eigenvalue weighted by Crippen LogP contribution is -2.12. The van der Waals surface area contributed by atoms with Crippen LogP contribution < -0.4 is 15.3 Å². The van der Waals surface area contributed by atoms with Crippen LogP contribution in [-0.4, -0.2) is 33.8 Å². The lowest BCUT2D eigenvalue weighted by molar-refractivity contribution is -0.0498. The van der Waals surface area contributed by atoms with E-state index in [0.717, 1.165) is 6.42 Å². The number of nitrogens with two attached hydrogens (primary N) is 1. The Hall–Kier alpha value is -2.88. The number of thioether (sulfide) groups is 1. The van der Waals surface area contributed by atoms with Gasteiger partial charge >= 0.3 is 6.61 Å². The molecule has 0 saturated heterocycles. The summed E-state index contributed by atoms with van der Waals surface area (Å²) >= 11 is 1.41. The summed E-state index contributed by atoms with van der Waals surface area (Å²) in [4.78, 5) is 0.